The van der Waals surface area contributed by atoms with Crippen LogP contribution in [0, 0.1) is 0 Å². The monoisotopic (exact) mass is 606 g/mol. The van der Waals surface area contributed by atoms with Crippen LogP contribution < -0.4 is 5.32 Å². The molecule has 6 rings (SSSR count). The molecule has 0 saturated carbocycles. The number of nitrogens with zero attached hydrogens (tertiary/aromatic N) is 7. The van der Waals surface area contributed by atoms with E-state index in [1.54, 1.807) is 46.5 Å². The molecule has 1 aliphatic rings. The molecule has 2 aromatic carbocycles. The zero-order valence-corrected chi connectivity index (χ0v) is 24.0. The van der Waals surface area contributed by atoms with Crippen molar-refractivity contribution in [3.05, 3.63) is 99.4 Å². The van der Waals surface area contributed by atoms with Crippen LogP contribution in [-0.4, -0.2) is 59.6 Å². The van der Waals surface area contributed by atoms with E-state index >= 15 is 0 Å². The highest BCUT2D eigenvalue weighted by molar-refractivity contribution is 7.13. The molecule has 1 N–H and O–H groups in total. The van der Waals surface area contributed by atoms with Crippen molar-refractivity contribution < 1.29 is 9.59 Å². The molecule has 1 aliphatic heterocycles. The van der Waals surface area contributed by atoms with Gasteiger partial charge in [-0.05, 0) is 61.4 Å². The number of amides is 2. The summed E-state index contributed by atoms with van der Waals surface area (Å²) in [6, 6.07) is 16.1. The highest BCUT2D eigenvalue weighted by atomic mass is 35.5. The third-order valence-electron chi connectivity index (χ3n) is 6.87. The fraction of sp³-hybridized carbons (Fsp3) is 0.214. The minimum absolute atomic E-state index is 0.100. The van der Waals surface area contributed by atoms with Gasteiger partial charge in [0.2, 0.25) is 0 Å². The third-order valence-corrected chi connectivity index (χ3v) is 8.31. The van der Waals surface area contributed by atoms with Gasteiger partial charge in [-0.3, -0.25) is 9.59 Å². The topological polar surface area (TPSA) is 111 Å². The standard InChI is InChI=1S/C28H24Cl2N8O2S/c29-20-4-6-22(7-5-20)37-13-8-21(34-37)15-31-26(39)18-2-1-3-19(14-18)28(40)36-11-9-23(10-12-36)38-16-24(33-35-38)27-32-25(30)17-41-27/h1-8,13-14,16-17,23H,9-12,15H2,(H,31,39). The minimum atomic E-state index is -0.275. The van der Waals surface area contributed by atoms with Crippen molar-refractivity contribution in [1.82, 2.24) is 40.0 Å². The summed E-state index contributed by atoms with van der Waals surface area (Å²) in [4.78, 5) is 32.2. The minimum Gasteiger partial charge on any atom is -0.346 e. The Morgan fingerprint density at radius 2 is 1.80 bits per heavy atom. The Hall–Kier alpha value is -4.06. The van der Waals surface area contributed by atoms with Crippen molar-refractivity contribution in [1.29, 1.82) is 0 Å². The summed E-state index contributed by atoms with van der Waals surface area (Å²) < 4.78 is 3.56. The van der Waals surface area contributed by atoms with Gasteiger partial charge in [0.1, 0.15) is 15.9 Å². The van der Waals surface area contributed by atoms with Gasteiger partial charge in [-0.25, -0.2) is 14.3 Å². The van der Waals surface area contributed by atoms with Crippen molar-refractivity contribution >= 4 is 46.4 Å². The molecule has 4 heterocycles. The Morgan fingerprint density at radius 1 is 1.02 bits per heavy atom. The number of likely N-dealkylation sites (tertiary alicyclic amines) is 1. The second-order valence-corrected chi connectivity index (χ2v) is 11.3. The zero-order valence-electron chi connectivity index (χ0n) is 21.7. The number of halogens is 2. The molecule has 0 spiro atoms. The fourth-order valence-corrected chi connectivity index (χ4v) is 5.72. The molecule has 0 atom stereocenters. The number of hydrogen-bond acceptors (Lipinski definition) is 7. The van der Waals surface area contributed by atoms with E-state index in [4.69, 9.17) is 23.2 Å². The van der Waals surface area contributed by atoms with Gasteiger partial charge in [-0.2, -0.15) is 5.10 Å². The van der Waals surface area contributed by atoms with Crippen LogP contribution in [0.1, 0.15) is 45.3 Å². The zero-order chi connectivity index (χ0) is 28.3. The van der Waals surface area contributed by atoms with E-state index in [-0.39, 0.29) is 24.4 Å². The molecule has 13 heteroatoms. The van der Waals surface area contributed by atoms with Crippen molar-refractivity contribution in [2.75, 3.05) is 13.1 Å². The lowest BCUT2D eigenvalue weighted by Crippen LogP contribution is -2.39. The number of piperidine rings is 1. The summed E-state index contributed by atoms with van der Waals surface area (Å²) in [6.45, 7) is 1.41. The van der Waals surface area contributed by atoms with Gasteiger partial charge in [0, 0.05) is 40.8 Å². The molecule has 0 bridgehead atoms. The van der Waals surface area contributed by atoms with Gasteiger partial charge in [0.05, 0.1) is 30.2 Å². The van der Waals surface area contributed by atoms with E-state index in [0.29, 0.717) is 45.8 Å². The average molecular weight is 608 g/mol. The largest absolute Gasteiger partial charge is 0.346 e. The number of nitrogens with one attached hydrogen (secondary N) is 1. The number of aromatic nitrogens is 6. The normalized spacial score (nSPS) is 13.9. The molecule has 0 radical (unpaired) electrons. The van der Waals surface area contributed by atoms with Crippen molar-refractivity contribution in [2.45, 2.75) is 25.4 Å². The summed E-state index contributed by atoms with van der Waals surface area (Å²) in [6.07, 6.45) is 5.19. The average Bonchev–Trinajstić information content (AvgIpc) is 3.77. The highest BCUT2D eigenvalue weighted by Crippen LogP contribution is 2.27. The highest BCUT2D eigenvalue weighted by Gasteiger charge is 2.26. The Morgan fingerprint density at radius 3 is 2.56 bits per heavy atom. The quantitative estimate of drug-likeness (QED) is 0.269. The Balaban J connectivity index is 1.03. The molecule has 1 saturated heterocycles. The summed E-state index contributed by atoms with van der Waals surface area (Å²) >= 11 is 13.3. The van der Waals surface area contributed by atoms with Crippen molar-refractivity contribution in [3.63, 3.8) is 0 Å². The molecule has 3 aromatic heterocycles. The van der Waals surface area contributed by atoms with E-state index in [1.165, 1.54) is 11.3 Å². The molecular formula is C28H24Cl2N8O2S. The van der Waals surface area contributed by atoms with Gasteiger partial charge in [-0.1, -0.05) is 34.5 Å². The number of thiazole rings is 1. The number of benzene rings is 2. The molecule has 2 amide bonds. The van der Waals surface area contributed by atoms with Crippen molar-refractivity contribution in [3.8, 4) is 16.4 Å². The smallest absolute Gasteiger partial charge is 0.253 e. The van der Waals surface area contributed by atoms with E-state index in [2.05, 4.69) is 25.7 Å². The van der Waals surface area contributed by atoms with Crippen LogP contribution in [0.15, 0.2) is 72.4 Å². The molecule has 10 nitrogen and oxygen atoms in total. The molecule has 5 aromatic rings. The van der Waals surface area contributed by atoms with E-state index < -0.39 is 0 Å². The SMILES string of the molecule is O=C(NCc1ccn(-c2ccc(Cl)cc2)n1)c1cccc(C(=O)N2CCC(n3cc(-c4nc(Cl)cs4)nn3)CC2)c1. The number of carbonyl (C=O) groups excluding carboxylic acids is 2. The van der Waals surface area contributed by atoms with Gasteiger partial charge in [0.25, 0.3) is 11.8 Å². The molecular weight excluding hydrogens is 583 g/mol. The molecule has 0 unspecified atom stereocenters. The van der Waals surface area contributed by atoms with Crippen molar-refractivity contribution in [2.24, 2.45) is 0 Å². The van der Waals surface area contributed by atoms with Crippen LogP contribution in [0.25, 0.3) is 16.4 Å². The lowest BCUT2D eigenvalue weighted by Gasteiger charge is -2.32. The van der Waals surface area contributed by atoms with Crippen LogP contribution in [0.3, 0.4) is 0 Å². The number of carbonyl (C=O) groups is 2. The van der Waals surface area contributed by atoms with Gasteiger partial charge >= 0.3 is 0 Å². The van der Waals surface area contributed by atoms with E-state index in [9.17, 15) is 9.59 Å². The summed E-state index contributed by atoms with van der Waals surface area (Å²) in [5.74, 6) is -0.376. The Labute approximate surface area is 249 Å². The Bertz CT molecular complexity index is 1690. The van der Waals surface area contributed by atoms with Crippen LogP contribution in [0.2, 0.25) is 10.2 Å². The van der Waals surface area contributed by atoms with Gasteiger partial charge < -0.3 is 10.2 Å². The number of hydrogen-bond donors (Lipinski definition) is 1. The fourth-order valence-electron chi connectivity index (χ4n) is 4.70. The first-order valence-corrected chi connectivity index (χ1v) is 14.6. The van der Waals surface area contributed by atoms with Gasteiger partial charge in [-0.15, -0.1) is 16.4 Å². The lowest BCUT2D eigenvalue weighted by atomic mass is 10.0. The van der Waals surface area contributed by atoms with Crippen LogP contribution in [-0.2, 0) is 6.54 Å². The molecule has 41 heavy (non-hydrogen) atoms. The molecule has 208 valence electrons. The first kappa shape index (κ1) is 27.1. The predicted molar refractivity (Wildman–Crippen MR) is 157 cm³/mol. The maximum Gasteiger partial charge on any atom is 0.253 e. The second-order valence-electron chi connectivity index (χ2n) is 9.57. The molecule has 0 aliphatic carbocycles. The predicted octanol–water partition coefficient (Wildman–Crippen LogP) is 5.30. The Kier molecular flexibility index (Phi) is 7.82. The van der Waals surface area contributed by atoms with E-state index in [0.717, 1.165) is 23.5 Å². The van der Waals surface area contributed by atoms with Crippen LogP contribution in [0.4, 0.5) is 0 Å². The van der Waals surface area contributed by atoms with Crippen LogP contribution >= 0.6 is 34.5 Å². The van der Waals surface area contributed by atoms with E-state index in [1.807, 2.05) is 40.2 Å². The van der Waals surface area contributed by atoms with Crippen LogP contribution in [0.5, 0.6) is 0 Å². The second kappa shape index (κ2) is 11.8. The summed E-state index contributed by atoms with van der Waals surface area (Å²) in [7, 11) is 0. The summed E-state index contributed by atoms with van der Waals surface area (Å²) in [5.41, 5.74) is 3.16. The lowest BCUT2D eigenvalue weighted by molar-refractivity contribution is 0.0689. The first-order chi connectivity index (χ1) is 19.9. The molecule has 1 fully saturated rings. The first-order valence-electron chi connectivity index (χ1n) is 12.9. The summed E-state index contributed by atoms with van der Waals surface area (Å²) in [5, 5.41) is 19.5. The maximum atomic E-state index is 13.3. The third kappa shape index (κ3) is 6.17. The maximum absolute atomic E-state index is 13.3. The van der Waals surface area contributed by atoms with Gasteiger partial charge in [0.15, 0.2) is 0 Å². The number of rotatable bonds is 7.